The summed E-state index contributed by atoms with van der Waals surface area (Å²) in [6.45, 7) is 4.55. The lowest BCUT2D eigenvalue weighted by Gasteiger charge is -2.26. The van der Waals surface area contributed by atoms with Crippen LogP contribution in [-0.4, -0.2) is 82.3 Å². The molecule has 0 amide bonds. The first-order valence-corrected chi connectivity index (χ1v) is 28.4. The zero-order chi connectivity index (χ0) is 50.6. The molecule has 0 spiro atoms. The second-order valence-corrected chi connectivity index (χ2v) is 20.2. The van der Waals surface area contributed by atoms with Crippen LogP contribution in [0.25, 0.3) is 0 Å². The average Bonchev–Trinajstić information content (AvgIpc) is 3.31. The van der Waals surface area contributed by atoms with E-state index < -0.39 is 24.3 Å². The number of nitrogens with zero attached hydrogens (tertiary/aromatic N) is 1. The molecule has 0 saturated heterocycles. The normalized spacial score (nSPS) is 13.2. The Morgan fingerprint density at radius 1 is 0.449 bits per heavy atom. The van der Waals surface area contributed by atoms with Gasteiger partial charge in [0.15, 0.2) is 12.4 Å². The summed E-state index contributed by atoms with van der Waals surface area (Å²) in [6.07, 6.45) is 61.8. The summed E-state index contributed by atoms with van der Waals surface area (Å²) >= 11 is 0. The van der Waals surface area contributed by atoms with Gasteiger partial charge in [0.25, 0.3) is 0 Å². The van der Waals surface area contributed by atoms with Crippen LogP contribution in [0.1, 0.15) is 245 Å². The number of likely N-dealkylation sites (N-methyl/N-ethyl adjacent to an activating group) is 1. The molecule has 0 rings (SSSR count). The van der Waals surface area contributed by atoms with Crippen molar-refractivity contribution in [2.24, 2.45) is 0 Å². The molecule has 0 aromatic carbocycles. The number of aliphatic carboxylic acids is 1. The third kappa shape index (κ3) is 52.6. The van der Waals surface area contributed by atoms with E-state index >= 15 is 0 Å². The Morgan fingerprint density at radius 2 is 0.855 bits per heavy atom. The van der Waals surface area contributed by atoms with Crippen LogP contribution < -0.4 is 5.11 Å². The summed E-state index contributed by atoms with van der Waals surface area (Å²) in [5, 5.41) is 11.7. The minimum atomic E-state index is -1.64. The molecule has 9 nitrogen and oxygen atoms in total. The van der Waals surface area contributed by atoms with Gasteiger partial charge in [-0.25, -0.2) is 0 Å². The van der Waals surface area contributed by atoms with E-state index in [2.05, 4.69) is 62.5 Å². The van der Waals surface area contributed by atoms with Gasteiger partial charge in [0.2, 0.25) is 0 Å². The lowest BCUT2D eigenvalue weighted by Crippen LogP contribution is -2.44. The van der Waals surface area contributed by atoms with Crippen molar-refractivity contribution in [2.45, 2.75) is 257 Å². The second-order valence-electron chi connectivity index (χ2n) is 20.2. The topological polar surface area (TPSA) is 111 Å². The van der Waals surface area contributed by atoms with Gasteiger partial charge in [-0.2, -0.15) is 0 Å². The van der Waals surface area contributed by atoms with Gasteiger partial charge in [-0.15, -0.1) is 0 Å². The number of rotatable bonds is 52. The van der Waals surface area contributed by atoms with Crippen LogP contribution >= 0.6 is 0 Å². The van der Waals surface area contributed by atoms with Crippen LogP contribution in [0.5, 0.6) is 0 Å². The number of hydrogen-bond donors (Lipinski definition) is 0. The summed E-state index contributed by atoms with van der Waals surface area (Å²) in [5.41, 5.74) is 0. The van der Waals surface area contributed by atoms with Crippen LogP contribution in [-0.2, 0) is 33.3 Å². The molecule has 0 radical (unpaired) electrons. The lowest BCUT2D eigenvalue weighted by molar-refractivity contribution is -0.870. The summed E-state index contributed by atoms with van der Waals surface area (Å²) < 4.78 is 22.5. The van der Waals surface area contributed by atoms with Gasteiger partial charge in [0.05, 0.1) is 40.3 Å². The Balaban J connectivity index is 4.10. The number of allylic oxidation sites excluding steroid dienone is 10. The molecule has 69 heavy (non-hydrogen) atoms. The van der Waals surface area contributed by atoms with E-state index in [0.717, 1.165) is 44.9 Å². The van der Waals surface area contributed by atoms with Crippen LogP contribution in [0.4, 0.5) is 0 Å². The molecule has 0 heterocycles. The fourth-order valence-corrected chi connectivity index (χ4v) is 7.90. The lowest BCUT2D eigenvalue weighted by atomic mass is 10.0. The summed E-state index contributed by atoms with van der Waals surface area (Å²) in [6, 6.07) is 0. The highest BCUT2D eigenvalue weighted by atomic mass is 16.7. The number of esters is 2. The SMILES string of the molecule is CC/C=C\C/C=C\C/C=C\C/C=C\CCC(=O)OC(COC(=O)CCCCCCCCCCCCCCCCCCCCC/C=C\CCCCCCCCCC)COC(OCC[N+](C)(C)C)C(=O)[O-]. The third-order valence-electron chi connectivity index (χ3n) is 12.3. The Bertz CT molecular complexity index is 1310. The van der Waals surface area contributed by atoms with Crippen molar-refractivity contribution >= 4 is 17.9 Å². The minimum absolute atomic E-state index is 0.126. The number of hydrogen-bond acceptors (Lipinski definition) is 8. The van der Waals surface area contributed by atoms with Gasteiger partial charge < -0.3 is 33.3 Å². The molecule has 0 aliphatic heterocycles. The van der Waals surface area contributed by atoms with E-state index in [9.17, 15) is 19.5 Å². The summed E-state index contributed by atoms with van der Waals surface area (Å²) in [4.78, 5) is 37.1. The summed E-state index contributed by atoms with van der Waals surface area (Å²) in [5.74, 6) is -2.39. The monoisotopic (exact) mass is 970 g/mol. The van der Waals surface area contributed by atoms with E-state index in [4.69, 9.17) is 18.9 Å². The van der Waals surface area contributed by atoms with Crippen molar-refractivity contribution in [1.29, 1.82) is 0 Å². The van der Waals surface area contributed by atoms with E-state index in [-0.39, 0.29) is 38.6 Å². The highest BCUT2D eigenvalue weighted by Crippen LogP contribution is 2.16. The molecule has 2 atom stereocenters. The third-order valence-corrected chi connectivity index (χ3v) is 12.3. The summed E-state index contributed by atoms with van der Waals surface area (Å²) in [7, 11) is 5.89. The van der Waals surface area contributed by atoms with E-state index in [0.29, 0.717) is 17.4 Å². The maximum absolute atomic E-state index is 12.7. The Hall–Kier alpha value is -3.01. The van der Waals surface area contributed by atoms with Crippen LogP contribution in [0.3, 0.4) is 0 Å². The van der Waals surface area contributed by atoms with Gasteiger partial charge in [0, 0.05) is 12.8 Å². The van der Waals surface area contributed by atoms with Gasteiger partial charge in [-0.3, -0.25) is 9.59 Å². The molecule has 0 aromatic heterocycles. The minimum Gasteiger partial charge on any atom is -0.545 e. The van der Waals surface area contributed by atoms with Crippen molar-refractivity contribution < 1.29 is 42.9 Å². The van der Waals surface area contributed by atoms with Gasteiger partial charge in [0.1, 0.15) is 13.2 Å². The first-order chi connectivity index (χ1) is 33.6. The first kappa shape index (κ1) is 66.0. The van der Waals surface area contributed by atoms with Crippen molar-refractivity contribution in [3.8, 4) is 0 Å². The molecule has 0 aromatic rings. The molecule has 0 saturated carbocycles. The first-order valence-electron chi connectivity index (χ1n) is 28.4. The average molecular weight is 971 g/mol. The molecule has 0 bridgehead atoms. The number of quaternary nitrogens is 1. The maximum Gasteiger partial charge on any atom is 0.306 e. The standard InChI is InChI=1S/C60H107NO8/c1-6-8-10-12-14-16-18-20-21-22-23-24-25-26-27-28-29-30-31-32-33-34-35-36-37-39-40-42-44-46-48-50-57(62)67-54-56(55-68-60(59(64)65)66-53-52-61(3,4)5)69-58(63)51-49-47-45-43-41-38-19-17-15-13-11-9-7-2/h9,11,15,17,22-23,38,41,45,47,56,60H,6-8,10,12-14,16,18-21,24-37,39-40,42-44,46,48-55H2,1-5H3/b11-9-,17-15-,23-22-,41-38-,47-45-. The zero-order valence-corrected chi connectivity index (χ0v) is 45.4. The smallest absolute Gasteiger partial charge is 0.306 e. The molecule has 0 fully saturated rings. The van der Waals surface area contributed by atoms with E-state index in [1.165, 1.54) is 167 Å². The molecule has 9 heteroatoms. The molecular formula is C60H107NO8. The zero-order valence-electron chi connectivity index (χ0n) is 45.4. The Labute approximate surface area is 425 Å². The van der Waals surface area contributed by atoms with Crippen LogP contribution in [0.15, 0.2) is 60.8 Å². The molecule has 2 unspecified atom stereocenters. The maximum atomic E-state index is 12.7. The number of ether oxygens (including phenoxy) is 4. The van der Waals surface area contributed by atoms with E-state index in [1.807, 2.05) is 33.3 Å². The molecule has 400 valence electrons. The Morgan fingerprint density at radius 3 is 1.29 bits per heavy atom. The van der Waals surface area contributed by atoms with Gasteiger partial charge in [-0.1, -0.05) is 229 Å². The number of carboxylic acid groups (broad SMARTS) is 1. The van der Waals surface area contributed by atoms with Crippen molar-refractivity contribution in [3.05, 3.63) is 60.8 Å². The molecule has 0 aliphatic carbocycles. The predicted molar refractivity (Wildman–Crippen MR) is 288 cm³/mol. The second kappa shape index (κ2) is 51.3. The van der Waals surface area contributed by atoms with Gasteiger partial charge in [-0.05, 0) is 64.2 Å². The predicted octanol–water partition coefficient (Wildman–Crippen LogP) is 15.1. The highest BCUT2D eigenvalue weighted by molar-refractivity contribution is 5.70. The van der Waals surface area contributed by atoms with Crippen LogP contribution in [0, 0.1) is 0 Å². The number of carbonyl (C=O) groups is 3. The van der Waals surface area contributed by atoms with Crippen molar-refractivity contribution in [3.63, 3.8) is 0 Å². The van der Waals surface area contributed by atoms with Crippen molar-refractivity contribution in [1.82, 2.24) is 0 Å². The molecule has 0 aliphatic rings. The molecule has 0 N–H and O–H groups in total. The molecular weight excluding hydrogens is 863 g/mol. The van der Waals surface area contributed by atoms with Crippen molar-refractivity contribution in [2.75, 3.05) is 47.5 Å². The Kier molecular flexibility index (Phi) is 49.1. The number of unbranched alkanes of at least 4 members (excludes halogenated alkanes) is 27. The fourth-order valence-electron chi connectivity index (χ4n) is 7.90. The van der Waals surface area contributed by atoms with E-state index in [1.54, 1.807) is 0 Å². The highest BCUT2D eigenvalue weighted by Gasteiger charge is 2.21. The number of carboxylic acids is 1. The van der Waals surface area contributed by atoms with Gasteiger partial charge >= 0.3 is 11.9 Å². The largest absolute Gasteiger partial charge is 0.545 e. The number of carbonyl (C=O) groups excluding carboxylic acids is 3. The van der Waals surface area contributed by atoms with Crippen LogP contribution in [0.2, 0.25) is 0 Å². The fraction of sp³-hybridized carbons (Fsp3) is 0.783. The quantitative estimate of drug-likeness (QED) is 0.0195.